The van der Waals surface area contributed by atoms with Crippen molar-refractivity contribution in [2.24, 2.45) is 27.7 Å². The molecule has 4 heteroatoms. The Morgan fingerprint density at radius 3 is 2.09 bits per heavy atom. The number of fused-ring (bicyclic) bond motifs is 3. The molecule has 5 saturated carbocycles. The molecule has 5 aliphatic carbocycles. The zero-order valence-electron chi connectivity index (χ0n) is 14.1. The van der Waals surface area contributed by atoms with Crippen molar-refractivity contribution in [1.82, 2.24) is 0 Å². The summed E-state index contributed by atoms with van der Waals surface area (Å²) in [6.45, 7) is 2.13. The van der Waals surface area contributed by atoms with Crippen LogP contribution in [-0.2, 0) is 0 Å². The van der Waals surface area contributed by atoms with E-state index in [0.717, 1.165) is 38.5 Å². The highest BCUT2D eigenvalue weighted by Gasteiger charge is 2.54. The van der Waals surface area contributed by atoms with Crippen LogP contribution in [0.2, 0.25) is 0 Å². The summed E-state index contributed by atoms with van der Waals surface area (Å²) in [5, 5.41) is 8.07. The first kappa shape index (κ1) is 15.7. The number of hydrogen-bond donors (Lipinski definition) is 1. The maximum Gasteiger partial charge on any atom is 0.248 e. The predicted octanol–water partition coefficient (Wildman–Crippen LogP) is 5.61. The third-order valence-electron chi connectivity index (χ3n) is 7.32. The molecule has 2 nitrogen and oxygen atoms in total. The van der Waals surface area contributed by atoms with E-state index < -0.39 is 5.92 Å². The van der Waals surface area contributed by atoms with Crippen molar-refractivity contribution in [1.29, 1.82) is 5.41 Å². The molecule has 0 unspecified atom stereocenters. The van der Waals surface area contributed by atoms with Crippen LogP contribution in [0.4, 0.5) is 8.78 Å². The quantitative estimate of drug-likeness (QED) is 0.516. The first-order chi connectivity index (χ1) is 10.8. The molecule has 0 amide bonds. The minimum atomic E-state index is -2.37. The van der Waals surface area contributed by atoms with Gasteiger partial charge in [-0.05, 0) is 76.0 Å². The summed E-state index contributed by atoms with van der Waals surface area (Å²) in [4.78, 5) is 4.66. The smallest absolute Gasteiger partial charge is 0.248 e. The van der Waals surface area contributed by atoms with Gasteiger partial charge < -0.3 is 0 Å². The molecule has 2 bridgehead atoms. The molecule has 5 rings (SSSR count). The van der Waals surface area contributed by atoms with E-state index in [0.29, 0.717) is 17.2 Å². The minimum absolute atomic E-state index is 0.124. The monoisotopic (exact) mass is 322 g/mol. The largest absolute Gasteiger partial charge is 0.286 e. The van der Waals surface area contributed by atoms with Crippen LogP contribution in [-0.4, -0.2) is 17.5 Å². The van der Waals surface area contributed by atoms with E-state index in [9.17, 15) is 8.78 Å². The van der Waals surface area contributed by atoms with Gasteiger partial charge in [-0.15, -0.1) is 0 Å². The molecule has 0 aromatic heterocycles. The van der Waals surface area contributed by atoms with Gasteiger partial charge in [0, 0.05) is 29.9 Å². The summed E-state index contributed by atoms with van der Waals surface area (Å²) < 4.78 is 26.2. The SMILES string of the molecule is CC(=NC(=N)C1CC1)C12CCC(CC3CC(F)(F)C3)(CC1)CC2. The van der Waals surface area contributed by atoms with Crippen molar-refractivity contribution >= 4 is 11.5 Å². The molecule has 0 atom stereocenters. The Labute approximate surface area is 137 Å². The van der Waals surface area contributed by atoms with Crippen molar-refractivity contribution in [2.75, 3.05) is 0 Å². The zero-order chi connectivity index (χ0) is 16.3. The van der Waals surface area contributed by atoms with Crippen LogP contribution in [0.5, 0.6) is 0 Å². The lowest BCUT2D eigenvalue weighted by atomic mass is 9.50. The van der Waals surface area contributed by atoms with E-state index in [2.05, 4.69) is 11.9 Å². The number of aliphatic imine (C=N–C) groups is 1. The Morgan fingerprint density at radius 1 is 1.04 bits per heavy atom. The van der Waals surface area contributed by atoms with Gasteiger partial charge in [-0.1, -0.05) is 0 Å². The Morgan fingerprint density at radius 2 is 1.61 bits per heavy atom. The number of halogens is 2. The Kier molecular flexibility index (Phi) is 3.48. The molecule has 5 aliphatic rings. The number of rotatable bonds is 4. The van der Waals surface area contributed by atoms with E-state index in [1.807, 2.05) is 0 Å². The maximum atomic E-state index is 13.1. The lowest BCUT2D eigenvalue weighted by Gasteiger charge is -2.55. The van der Waals surface area contributed by atoms with Crippen LogP contribution in [0.1, 0.15) is 77.6 Å². The first-order valence-corrected chi connectivity index (χ1v) is 9.34. The molecule has 0 saturated heterocycles. The second kappa shape index (κ2) is 5.10. The Balaban J connectivity index is 1.38. The van der Waals surface area contributed by atoms with Gasteiger partial charge in [0.1, 0.15) is 5.84 Å². The minimum Gasteiger partial charge on any atom is -0.286 e. The zero-order valence-corrected chi connectivity index (χ0v) is 14.1. The lowest BCUT2D eigenvalue weighted by Crippen LogP contribution is -2.48. The van der Waals surface area contributed by atoms with Crippen molar-refractivity contribution in [3.63, 3.8) is 0 Å². The summed E-state index contributed by atoms with van der Waals surface area (Å²) in [7, 11) is 0. The fourth-order valence-electron chi connectivity index (χ4n) is 5.40. The number of amidine groups is 1. The second-order valence-corrected chi connectivity index (χ2v) is 8.97. The van der Waals surface area contributed by atoms with Crippen molar-refractivity contribution < 1.29 is 8.78 Å². The van der Waals surface area contributed by atoms with Crippen LogP contribution in [0.3, 0.4) is 0 Å². The van der Waals surface area contributed by atoms with Crippen LogP contribution < -0.4 is 0 Å². The molecule has 23 heavy (non-hydrogen) atoms. The van der Waals surface area contributed by atoms with Crippen LogP contribution >= 0.6 is 0 Å². The van der Waals surface area contributed by atoms with Gasteiger partial charge in [0.25, 0.3) is 0 Å². The lowest BCUT2D eigenvalue weighted by molar-refractivity contribution is -0.129. The average molecular weight is 322 g/mol. The number of hydrogen-bond acceptors (Lipinski definition) is 1. The predicted molar refractivity (Wildman–Crippen MR) is 88.4 cm³/mol. The van der Waals surface area contributed by atoms with Crippen molar-refractivity contribution in [3.8, 4) is 0 Å². The molecule has 0 heterocycles. The van der Waals surface area contributed by atoms with Gasteiger partial charge >= 0.3 is 0 Å². The maximum absolute atomic E-state index is 13.1. The number of nitrogens with one attached hydrogen (secondary N) is 1. The van der Waals surface area contributed by atoms with Gasteiger partial charge in [0.05, 0.1) is 0 Å². The molecule has 0 radical (unpaired) electrons. The summed E-state index contributed by atoms with van der Waals surface area (Å²) in [6, 6.07) is 0. The molecule has 0 spiro atoms. The molecule has 0 aromatic carbocycles. The van der Waals surface area contributed by atoms with Gasteiger partial charge in [0.15, 0.2) is 0 Å². The standard InChI is InChI=1S/C19H28F2N2/c1-13(23-16(22)15-2-3-15)18-7-4-17(5-8-18,6-9-18)10-14-11-19(20,21)12-14/h14-15,22H,2-12H2,1H3. The van der Waals surface area contributed by atoms with E-state index in [1.165, 1.54) is 25.0 Å². The Bertz CT molecular complexity index is 515. The molecular weight excluding hydrogens is 294 g/mol. The van der Waals surface area contributed by atoms with Crippen LogP contribution in [0, 0.1) is 28.1 Å². The van der Waals surface area contributed by atoms with Crippen LogP contribution in [0.25, 0.3) is 0 Å². The van der Waals surface area contributed by atoms with E-state index >= 15 is 0 Å². The highest BCUT2D eigenvalue weighted by Crippen LogP contribution is 2.61. The highest BCUT2D eigenvalue weighted by molar-refractivity contribution is 6.00. The third-order valence-corrected chi connectivity index (χ3v) is 7.32. The van der Waals surface area contributed by atoms with Crippen molar-refractivity contribution in [3.05, 3.63) is 0 Å². The van der Waals surface area contributed by atoms with Gasteiger partial charge in [-0.3, -0.25) is 5.41 Å². The molecule has 128 valence electrons. The average Bonchev–Trinajstić information content (AvgIpc) is 3.31. The molecule has 1 N–H and O–H groups in total. The van der Waals surface area contributed by atoms with E-state index in [1.54, 1.807) is 0 Å². The summed E-state index contributed by atoms with van der Waals surface area (Å²) in [6.07, 6.45) is 10.5. The number of alkyl halides is 2. The highest BCUT2D eigenvalue weighted by atomic mass is 19.3. The second-order valence-electron chi connectivity index (χ2n) is 8.97. The summed E-state index contributed by atoms with van der Waals surface area (Å²) in [5.74, 6) is -1.10. The molecule has 5 fully saturated rings. The molecule has 0 aromatic rings. The van der Waals surface area contributed by atoms with E-state index in [4.69, 9.17) is 5.41 Å². The van der Waals surface area contributed by atoms with Crippen LogP contribution in [0.15, 0.2) is 4.99 Å². The summed E-state index contributed by atoms with van der Waals surface area (Å²) >= 11 is 0. The third kappa shape index (κ3) is 2.87. The van der Waals surface area contributed by atoms with E-state index in [-0.39, 0.29) is 24.2 Å². The van der Waals surface area contributed by atoms with Gasteiger partial charge in [-0.25, -0.2) is 13.8 Å². The normalized spacial score (nSPS) is 40.0. The summed E-state index contributed by atoms with van der Waals surface area (Å²) in [5.41, 5.74) is 1.73. The Hall–Kier alpha value is -0.800. The van der Waals surface area contributed by atoms with Crippen molar-refractivity contribution in [2.45, 2.75) is 83.5 Å². The molecular formula is C19H28F2N2. The fourth-order valence-corrected chi connectivity index (χ4v) is 5.40. The molecule has 0 aliphatic heterocycles. The first-order valence-electron chi connectivity index (χ1n) is 9.34. The number of nitrogens with zero attached hydrogens (tertiary/aromatic N) is 1. The fraction of sp³-hybridized carbons (Fsp3) is 0.895. The van der Waals surface area contributed by atoms with Gasteiger partial charge in [-0.2, -0.15) is 0 Å². The van der Waals surface area contributed by atoms with Gasteiger partial charge in [0.2, 0.25) is 5.92 Å². The topological polar surface area (TPSA) is 36.2 Å².